The first-order valence-electron chi connectivity index (χ1n) is 6.49. The van der Waals surface area contributed by atoms with E-state index in [1.807, 2.05) is 36.4 Å². The largest absolute Gasteiger partial charge is 0.423 e. The van der Waals surface area contributed by atoms with E-state index in [4.69, 9.17) is 16.2 Å². The van der Waals surface area contributed by atoms with Crippen molar-refractivity contribution in [3.63, 3.8) is 0 Å². The number of fused-ring (bicyclic) bond motifs is 1. The molecule has 0 aliphatic heterocycles. The normalized spacial score (nSPS) is 10.5. The summed E-state index contributed by atoms with van der Waals surface area (Å²) in [7, 11) is 0. The maximum Gasteiger partial charge on any atom is 0.343 e. The van der Waals surface area contributed by atoms with Gasteiger partial charge in [0.1, 0.15) is 5.75 Å². The molecular weight excluding hydrogens is 264 g/mol. The molecule has 0 spiro atoms. The monoisotopic (exact) mass is 278 g/mol. The minimum atomic E-state index is -0.482. The van der Waals surface area contributed by atoms with Crippen molar-refractivity contribution in [2.75, 3.05) is 11.5 Å². The van der Waals surface area contributed by atoms with E-state index in [0.29, 0.717) is 22.7 Å². The zero-order chi connectivity index (χ0) is 14.8. The summed E-state index contributed by atoms with van der Waals surface area (Å²) in [6.45, 7) is 0. The summed E-state index contributed by atoms with van der Waals surface area (Å²) in [6.07, 6.45) is 0. The second kappa shape index (κ2) is 5.17. The van der Waals surface area contributed by atoms with Crippen LogP contribution in [0, 0.1) is 0 Å². The number of nitrogens with two attached hydrogens (primary N) is 2. The van der Waals surface area contributed by atoms with Crippen LogP contribution in [0.2, 0.25) is 0 Å². The quantitative estimate of drug-likeness (QED) is 0.428. The molecule has 0 heterocycles. The number of hydrogen-bond donors (Lipinski definition) is 2. The van der Waals surface area contributed by atoms with E-state index < -0.39 is 5.97 Å². The van der Waals surface area contributed by atoms with E-state index in [0.717, 1.165) is 10.8 Å². The first-order valence-corrected chi connectivity index (χ1v) is 6.49. The van der Waals surface area contributed by atoms with Gasteiger partial charge in [0.2, 0.25) is 0 Å². The van der Waals surface area contributed by atoms with Crippen LogP contribution >= 0.6 is 0 Å². The van der Waals surface area contributed by atoms with Crippen LogP contribution in [0.1, 0.15) is 10.4 Å². The number of anilines is 2. The third kappa shape index (κ3) is 2.79. The third-order valence-corrected chi connectivity index (χ3v) is 3.14. The molecule has 3 aromatic rings. The molecule has 0 amide bonds. The van der Waals surface area contributed by atoms with Gasteiger partial charge in [-0.1, -0.05) is 30.3 Å². The van der Waals surface area contributed by atoms with Crippen LogP contribution in [0.15, 0.2) is 60.7 Å². The van der Waals surface area contributed by atoms with E-state index in [1.54, 1.807) is 24.3 Å². The number of carbonyl (C=O) groups excluding carboxylic acids is 1. The van der Waals surface area contributed by atoms with Gasteiger partial charge in [0, 0.05) is 11.4 Å². The van der Waals surface area contributed by atoms with Gasteiger partial charge in [-0.25, -0.2) is 4.79 Å². The maximum atomic E-state index is 12.1. The molecule has 0 aliphatic rings. The van der Waals surface area contributed by atoms with Gasteiger partial charge in [0.15, 0.2) is 0 Å². The molecule has 0 saturated carbocycles. The van der Waals surface area contributed by atoms with Crippen molar-refractivity contribution >= 4 is 28.1 Å². The Morgan fingerprint density at radius 3 is 2.19 bits per heavy atom. The van der Waals surface area contributed by atoms with Crippen LogP contribution in [0.4, 0.5) is 11.4 Å². The Labute approximate surface area is 121 Å². The summed E-state index contributed by atoms with van der Waals surface area (Å²) < 4.78 is 5.37. The first kappa shape index (κ1) is 13.0. The van der Waals surface area contributed by atoms with Crippen LogP contribution in [0.25, 0.3) is 10.8 Å². The summed E-state index contributed by atoms with van der Waals surface area (Å²) >= 11 is 0. The van der Waals surface area contributed by atoms with Gasteiger partial charge in [-0.2, -0.15) is 0 Å². The van der Waals surface area contributed by atoms with Crippen molar-refractivity contribution in [3.8, 4) is 5.75 Å². The molecule has 0 atom stereocenters. The first-order chi connectivity index (χ1) is 10.1. The summed E-state index contributed by atoms with van der Waals surface area (Å²) in [5, 5.41) is 2.10. The van der Waals surface area contributed by atoms with Crippen LogP contribution in [-0.2, 0) is 0 Å². The fourth-order valence-corrected chi connectivity index (χ4v) is 2.19. The number of hydrogen-bond acceptors (Lipinski definition) is 4. The molecule has 0 aromatic heterocycles. The van der Waals surface area contributed by atoms with E-state index in [9.17, 15) is 4.79 Å². The number of rotatable bonds is 2. The van der Waals surface area contributed by atoms with Crippen molar-refractivity contribution < 1.29 is 9.53 Å². The van der Waals surface area contributed by atoms with Gasteiger partial charge < -0.3 is 16.2 Å². The zero-order valence-electron chi connectivity index (χ0n) is 11.2. The lowest BCUT2D eigenvalue weighted by atomic mass is 10.1. The van der Waals surface area contributed by atoms with Crippen molar-refractivity contribution in [2.45, 2.75) is 0 Å². The number of ether oxygens (including phenoxy) is 1. The second-order valence-corrected chi connectivity index (χ2v) is 4.79. The van der Waals surface area contributed by atoms with Crippen molar-refractivity contribution in [3.05, 3.63) is 66.2 Å². The van der Waals surface area contributed by atoms with E-state index in [1.165, 1.54) is 0 Å². The number of nitrogen functional groups attached to an aromatic ring is 2. The molecule has 4 nitrogen and oxygen atoms in total. The number of carbonyl (C=O) groups is 1. The van der Waals surface area contributed by atoms with Crippen LogP contribution in [0.5, 0.6) is 5.75 Å². The van der Waals surface area contributed by atoms with E-state index in [2.05, 4.69) is 0 Å². The SMILES string of the molecule is Nc1cc(N)cc(C(=O)Oc2ccc3ccccc3c2)c1. The summed E-state index contributed by atoms with van der Waals surface area (Å²) in [5.41, 5.74) is 12.6. The highest BCUT2D eigenvalue weighted by Crippen LogP contribution is 2.22. The fourth-order valence-electron chi connectivity index (χ4n) is 2.19. The molecule has 0 aliphatic carbocycles. The fraction of sp³-hybridized carbons (Fsp3) is 0. The van der Waals surface area contributed by atoms with Gasteiger partial charge in [-0.05, 0) is 41.1 Å². The van der Waals surface area contributed by atoms with Gasteiger partial charge in [-0.3, -0.25) is 0 Å². The predicted octanol–water partition coefficient (Wildman–Crippen LogP) is 3.22. The van der Waals surface area contributed by atoms with Crippen LogP contribution in [0.3, 0.4) is 0 Å². The number of benzene rings is 3. The lowest BCUT2D eigenvalue weighted by Gasteiger charge is -2.07. The molecule has 0 radical (unpaired) electrons. The highest BCUT2D eigenvalue weighted by molar-refractivity contribution is 5.94. The second-order valence-electron chi connectivity index (χ2n) is 4.79. The van der Waals surface area contributed by atoms with Crippen LogP contribution < -0.4 is 16.2 Å². The highest BCUT2D eigenvalue weighted by Gasteiger charge is 2.10. The number of esters is 1. The lowest BCUT2D eigenvalue weighted by molar-refractivity contribution is 0.0735. The highest BCUT2D eigenvalue weighted by atomic mass is 16.5. The van der Waals surface area contributed by atoms with Gasteiger partial charge >= 0.3 is 5.97 Å². The van der Waals surface area contributed by atoms with Crippen molar-refractivity contribution in [2.24, 2.45) is 0 Å². The topological polar surface area (TPSA) is 78.3 Å². The van der Waals surface area contributed by atoms with Crippen molar-refractivity contribution in [1.82, 2.24) is 0 Å². The Kier molecular flexibility index (Phi) is 3.20. The Morgan fingerprint density at radius 2 is 1.48 bits per heavy atom. The van der Waals surface area contributed by atoms with Gasteiger partial charge in [0.25, 0.3) is 0 Å². The van der Waals surface area contributed by atoms with Gasteiger partial charge in [0.05, 0.1) is 5.56 Å². The summed E-state index contributed by atoms with van der Waals surface area (Å²) in [5.74, 6) is 0.00368. The molecule has 0 unspecified atom stereocenters. The molecular formula is C17H14N2O2. The lowest BCUT2D eigenvalue weighted by Crippen LogP contribution is -2.09. The molecule has 3 rings (SSSR count). The molecule has 0 fully saturated rings. The van der Waals surface area contributed by atoms with Crippen LogP contribution in [-0.4, -0.2) is 5.97 Å². The Morgan fingerprint density at radius 1 is 0.810 bits per heavy atom. The average molecular weight is 278 g/mol. The van der Waals surface area contributed by atoms with E-state index >= 15 is 0 Å². The smallest absolute Gasteiger partial charge is 0.343 e. The molecule has 3 aromatic carbocycles. The Balaban J connectivity index is 1.88. The zero-order valence-corrected chi connectivity index (χ0v) is 11.2. The van der Waals surface area contributed by atoms with E-state index in [-0.39, 0.29) is 0 Å². The maximum absolute atomic E-state index is 12.1. The standard InChI is InChI=1S/C17H14N2O2/c18-14-7-13(8-15(19)10-14)17(20)21-16-6-5-11-3-1-2-4-12(11)9-16/h1-10H,18-19H2. The summed E-state index contributed by atoms with van der Waals surface area (Å²) in [6, 6.07) is 18.0. The molecule has 0 bridgehead atoms. The molecule has 4 N–H and O–H groups in total. The average Bonchev–Trinajstić information content (AvgIpc) is 2.46. The van der Waals surface area contributed by atoms with Crippen molar-refractivity contribution in [1.29, 1.82) is 0 Å². The third-order valence-electron chi connectivity index (χ3n) is 3.14. The minimum Gasteiger partial charge on any atom is -0.423 e. The molecule has 104 valence electrons. The molecule has 4 heteroatoms. The Bertz CT molecular complexity index is 808. The summed E-state index contributed by atoms with van der Waals surface area (Å²) in [4.78, 5) is 12.1. The minimum absolute atomic E-state index is 0.334. The Hall–Kier alpha value is -3.01. The predicted molar refractivity (Wildman–Crippen MR) is 84.2 cm³/mol. The molecule has 21 heavy (non-hydrogen) atoms. The van der Waals surface area contributed by atoms with Gasteiger partial charge in [-0.15, -0.1) is 0 Å². The molecule has 0 saturated heterocycles.